The highest BCUT2D eigenvalue weighted by molar-refractivity contribution is 5.72. The molecular formula is C34H36FN3O4. The summed E-state index contributed by atoms with van der Waals surface area (Å²) in [5.41, 5.74) is 3.12. The van der Waals surface area contributed by atoms with Crippen molar-refractivity contribution >= 4 is 11.8 Å². The molecule has 1 aliphatic heterocycles. The lowest BCUT2D eigenvalue weighted by Gasteiger charge is -2.36. The predicted octanol–water partition coefficient (Wildman–Crippen LogP) is 7.10. The van der Waals surface area contributed by atoms with E-state index in [1.165, 1.54) is 6.07 Å². The Morgan fingerprint density at radius 2 is 1.38 bits per heavy atom. The first kappa shape index (κ1) is 28.9. The molecule has 0 radical (unpaired) electrons. The van der Waals surface area contributed by atoms with Crippen LogP contribution in [0.5, 0.6) is 11.8 Å². The summed E-state index contributed by atoms with van der Waals surface area (Å²) in [6, 6.07) is 28.3. The smallest absolute Gasteiger partial charge is 0.410 e. The summed E-state index contributed by atoms with van der Waals surface area (Å²) in [4.78, 5) is 20.8. The van der Waals surface area contributed by atoms with Crippen molar-refractivity contribution in [1.82, 2.24) is 9.88 Å². The number of carbonyl (C=O) groups is 1. The van der Waals surface area contributed by atoms with Gasteiger partial charge in [-0.15, -0.1) is 0 Å². The van der Waals surface area contributed by atoms with Crippen LogP contribution in [0.1, 0.15) is 31.9 Å². The first-order valence-corrected chi connectivity index (χ1v) is 14.1. The maximum absolute atomic E-state index is 15.7. The van der Waals surface area contributed by atoms with Crippen molar-refractivity contribution in [2.75, 3.05) is 31.1 Å². The molecule has 5 rings (SSSR count). The second-order valence-electron chi connectivity index (χ2n) is 11.2. The molecule has 0 atom stereocenters. The lowest BCUT2D eigenvalue weighted by molar-refractivity contribution is 0.0240. The summed E-state index contributed by atoms with van der Waals surface area (Å²) in [7, 11) is 0. The average molecular weight is 570 g/mol. The second-order valence-corrected chi connectivity index (χ2v) is 11.2. The fourth-order valence-electron chi connectivity index (χ4n) is 4.67. The topological polar surface area (TPSA) is 64.1 Å². The van der Waals surface area contributed by atoms with Crippen LogP contribution in [0, 0.1) is 5.82 Å². The summed E-state index contributed by atoms with van der Waals surface area (Å²) in [5.74, 6) is 0.305. The van der Waals surface area contributed by atoms with E-state index in [-0.39, 0.29) is 18.5 Å². The van der Waals surface area contributed by atoms with Crippen molar-refractivity contribution in [3.8, 4) is 22.9 Å². The molecule has 7 nitrogen and oxygen atoms in total. The molecule has 3 aromatic carbocycles. The van der Waals surface area contributed by atoms with Gasteiger partial charge in [-0.25, -0.2) is 9.18 Å². The number of amides is 1. The predicted molar refractivity (Wildman–Crippen MR) is 161 cm³/mol. The minimum Gasteiger partial charge on any atom is -0.473 e. The Morgan fingerprint density at radius 3 is 1.98 bits per heavy atom. The van der Waals surface area contributed by atoms with Crippen LogP contribution >= 0.6 is 0 Å². The van der Waals surface area contributed by atoms with Gasteiger partial charge in [0.05, 0.1) is 0 Å². The molecule has 4 aromatic rings. The lowest BCUT2D eigenvalue weighted by Crippen LogP contribution is -2.50. The zero-order chi connectivity index (χ0) is 29.5. The van der Waals surface area contributed by atoms with Crippen LogP contribution in [0.15, 0.2) is 91.0 Å². The van der Waals surface area contributed by atoms with E-state index in [9.17, 15) is 4.79 Å². The van der Waals surface area contributed by atoms with Crippen molar-refractivity contribution < 1.29 is 23.4 Å². The number of nitrogens with zero attached hydrogens (tertiary/aromatic N) is 3. The Hall–Kier alpha value is -4.59. The van der Waals surface area contributed by atoms with E-state index in [4.69, 9.17) is 14.2 Å². The first-order valence-electron chi connectivity index (χ1n) is 14.1. The molecular weight excluding hydrogens is 533 g/mol. The van der Waals surface area contributed by atoms with Crippen LogP contribution in [-0.4, -0.2) is 47.8 Å². The van der Waals surface area contributed by atoms with E-state index in [1.54, 1.807) is 23.1 Å². The average Bonchev–Trinajstić information content (AvgIpc) is 2.99. The van der Waals surface area contributed by atoms with Crippen LogP contribution in [0.2, 0.25) is 0 Å². The summed E-state index contributed by atoms with van der Waals surface area (Å²) in [5, 5.41) is 0. The van der Waals surface area contributed by atoms with Gasteiger partial charge in [-0.3, -0.25) is 0 Å². The monoisotopic (exact) mass is 569 g/mol. The van der Waals surface area contributed by atoms with E-state index in [2.05, 4.69) is 9.88 Å². The molecule has 1 aromatic heterocycles. The van der Waals surface area contributed by atoms with Gasteiger partial charge in [-0.2, -0.15) is 4.98 Å². The zero-order valence-corrected chi connectivity index (χ0v) is 24.3. The highest BCUT2D eigenvalue weighted by Gasteiger charge is 2.26. The van der Waals surface area contributed by atoms with Crippen molar-refractivity contribution in [1.29, 1.82) is 0 Å². The van der Waals surface area contributed by atoms with Crippen LogP contribution < -0.4 is 14.4 Å². The fraction of sp³-hybridized carbons (Fsp3) is 0.294. The molecule has 218 valence electrons. The first-order chi connectivity index (χ1) is 20.2. The number of pyridine rings is 1. The van der Waals surface area contributed by atoms with Gasteiger partial charge in [0.15, 0.2) is 0 Å². The number of aromatic nitrogens is 1. The molecule has 1 aliphatic rings. The molecule has 0 N–H and O–H groups in total. The third-order valence-corrected chi connectivity index (χ3v) is 6.82. The number of halogens is 1. The molecule has 0 spiro atoms. The number of hydrogen-bond donors (Lipinski definition) is 0. The standard InChI is InChI=1S/C34H36FN3O4/c1-34(2,3)42-33(39)38-20-18-37(19-21-38)27-14-15-28(30(35)22-27)29-16-17-31(40-23-25-10-6-4-7-11-25)36-32(29)41-24-26-12-8-5-9-13-26/h4-17,22H,18-21,23-24H2,1-3H3. The van der Waals surface area contributed by atoms with Crippen molar-refractivity contribution in [2.45, 2.75) is 39.6 Å². The van der Waals surface area contributed by atoms with Gasteiger partial charge in [-0.1, -0.05) is 60.7 Å². The van der Waals surface area contributed by atoms with Gasteiger partial charge in [0, 0.05) is 49.1 Å². The molecule has 1 saturated heterocycles. The molecule has 8 heteroatoms. The number of anilines is 1. The number of hydrogen-bond acceptors (Lipinski definition) is 6. The highest BCUT2D eigenvalue weighted by atomic mass is 19.1. The summed E-state index contributed by atoms with van der Waals surface area (Å²) >= 11 is 0. The highest BCUT2D eigenvalue weighted by Crippen LogP contribution is 2.35. The Bertz CT molecular complexity index is 1480. The van der Waals surface area contributed by atoms with Crippen LogP contribution in [0.4, 0.5) is 14.9 Å². The molecule has 1 amide bonds. The third-order valence-electron chi connectivity index (χ3n) is 6.82. The van der Waals surface area contributed by atoms with Gasteiger partial charge < -0.3 is 24.0 Å². The van der Waals surface area contributed by atoms with E-state index < -0.39 is 5.60 Å². The van der Waals surface area contributed by atoms with Gasteiger partial charge in [0.25, 0.3) is 0 Å². The van der Waals surface area contributed by atoms with Crippen LogP contribution in [-0.2, 0) is 18.0 Å². The number of ether oxygens (including phenoxy) is 3. The summed E-state index contributed by atoms with van der Waals surface area (Å²) in [6.07, 6.45) is -0.324. The van der Waals surface area contributed by atoms with Crippen LogP contribution in [0.25, 0.3) is 11.1 Å². The van der Waals surface area contributed by atoms with Gasteiger partial charge in [0.1, 0.15) is 24.6 Å². The van der Waals surface area contributed by atoms with Gasteiger partial charge in [0.2, 0.25) is 11.8 Å². The molecule has 0 bridgehead atoms. The summed E-state index contributed by atoms with van der Waals surface area (Å²) < 4.78 is 33.2. The molecule has 0 saturated carbocycles. The molecule has 0 aliphatic carbocycles. The van der Waals surface area contributed by atoms with E-state index in [1.807, 2.05) is 87.5 Å². The fourth-order valence-corrected chi connectivity index (χ4v) is 4.67. The number of carbonyl (C=O) groups excluding carboxylic acids is 1. The van der Waals surface area contributed by atoms with E-state index >= 15 is 4.39 Å². The Kier molecular flexibility index (Phi) is 8.91. The maximum atomic E-state index is 15.7. The second kappa shape index (κ2) is 12.9. The van der Waals surface area contributed by atoms with Crippen molar-refractivity contribution in [3.05, 3.63) is 108 Å². The maximum Gasteiger partial charge on any atom is 0.410 e. The molecule has 0 unspecified atom stereocenters. The number of rotatable bonds is 8. The largest absolute Gasteiger partial charge is 0.473 e. The van der Waals surface area contributed by atoms with Gasteiger partial charge in [-0.05, 0) is 56.2 Å². The van der Waals surface area contributed by atoms with Gasteiger partial charge >= 0.3 is 6.09 Å². The van der Waals surface area contributed by atoms with E-state index in [0.717, 1.165) is 16.8 Å². The molecule has 2 heterocycles. The van der Waals surface area contributed by atoms with Crippen molar-refractivity contribution in [2.24, 2.45) is 0 Å². The Balaban J connectivity index is 1.32. The lowest BCUT2D eigenvalue weighted by atomic mass is 10.1. The SMILES string of the molecule is CC(C)(C)OC(=O)N1CCN(c2ccc(-c3ccc(OCc4ccccc4)nc3OCc3ccccc3)c(F)c2)CC1. The third kappa shape index (κ3) is 7.57. The van der Waals surface area contributed by atoms with Crippen molar-refractivity contribution in [3.63, 3.8) is 0 Å². The minimum atomic E-state index is -0.544. The minimum absolute atomic E-state index is 0.282. The number of benzene rings is 3. The quantitative estimate of drug-likeness (QED) is 0.226. The normalized spacial score (nSPS) is 13.5. The van der Waals surface area contributed by atoms with Crippen LogP contribution in [0.3, 0.4) is 0 Å². The summed E-state index contributed by atoms with van der Waals surface area (Å²) in [6.45, 7) is 8.37. The van der Waals surface area contributed by atoms with E-state index in [0.29, 0.717) is 55.7 Å². The Labute approximate surface area is 246 Å². The Morgan fingerprint density at radius 1 is 0.786 bits per heavy atom. The zero-order valence-electron chi connectivity index (χ0n) is 24.3. The number of piperazine rings is 1. The molecule has 1 fully saturated rings. The molecule has 42 heavy (non-hydrogen) atoms.